The summed E-state index contributed by atoms with van der Waals surface area (Å²) < 4.78 is 24.0. The predicted octanol–water partition coefficient (Wildman–Crippen LogP) is 1.73. The molecule has 35 heavy (non-hydrogen) atoms. The van der Waals surface area contributed by atoms with Crippen LogP contribution in [0, 0.1) is 0 Å². The van der Waals surface area contributed by atoms with Crippen LogP contribution in [0.2, 0.25) is 5.02 Å². The molecule has 3 rings (SSSR count). The first-order valence-electron chi connectivity index (χ1n) is 10.4. The number of guanidine groups is 1. The molecule has 188 valence electrons. The number of amides is 2. The number of nitrogens with zero attached hydrogens (tertiary/aromatic N) is 2. The van der Waals surface area contributed by atoms with Crippen molar-refractivity contribution < 1.29 is 27.9 Å². The zero-order valence-electron chi connectivity index (χ0n) is 18.4. The highest BCUT2D eigenvalue weighted by Gasteiger charge is 2.19. The topological polar surface area (TPSA) is 166 Å². The van der Waals surface area contributed by atoms with E-state index in [4.69, 9.17) is 16.7 Å². The number of halogens is 1. The van der Waals surface area contributed by atoms with Crippen molar-refractivity contribution in [3.05, 3.63) is 57.2 Å². The first kappa shape index (κ1) is 28.0. The summed E-state index contributed by atoms with van der Waals surface area (Å²) in [4.78, 5) is 40.2. The van der Waals surface area contributed by atoms with Gasteiger partial charge in [-0.25, -0.2) is 4.79 Å². The lowest BCUT2D eigenvalue weighted by Crippen LogP contribution is -2.43. The maximum absolute atomic E-state index is 12.1. The normalized spacial score (nSPS) is 13.1. The smallest absolute Gasteiger partial charge is 0.331 e. The van der Waals surface area contributed by atoms with Gasteiger partial charge in [-0.15, -0.1) is 11.3 Å². The molecule has 14 heteroatoms. The maximum atomic E-state index is 12.1. The number of carbonyl (C=O) groups excluding carboxylic acids is 2. The molecule has 1 aromatic heterocycles. The van der Waals surface area contributed by atoms with Gasteiger partial charge < -0.3 is 15.7 Å². The molecular weight excluding hydrogens is 518 g/mol. The molecule has 1 aliphatic rings. The first-order valence-corrected chi connectivity index (χ1v) is 12.7. The maximum Gasteiger partial charge on any atom is 0.331 e. The summed E-state index contributed by atoms with van der Waals surface area (Å²) in [6.07, 6.45) is 1.58. The van der Waals surface area contributed by atoms with Crippen LogP contribution in [0.1, 0.15) is 27.4 Å². The summed E-state index contributed by atoms with van der Waals surface area (Å²) in [5.74, 6) is -1.72. The molecule has 1 aromatic carbocycles. The third-order valence-corrected chi connectivity index (χ3v) is 6.15. The van der Waals surface area contributed by atoms with Gasteiger partial charge in [-0.1, -0.05) is 29.8 Å². The molecule has 0 saturated heterocycles. The van der Waals surface area contributed by atoms with Crippen LogP contribution in [0.25, 0.3) is 0 Å². The summed E-state index contributed by atoms with van der Waals surface area (Å²) >= 11 is 6.71. The van der Waals surface area contributed by atoms with Crippen molar-refractivity contribution in [3.63, 3.8) is 0 Å². The van der Waals surface area contributed by atoms with Crippen molar-refractivity contribution in [1.29, 1.82) is 0 Å². The number of nitrogens with one attached hydrogen (secondary N) is 3. The zero-order chi connectivity index (χ0) is 25.6. The highest BCUT2D eigenvalue weighted by atomic mass is 35.5. The Morgan fingerprint density at radius 1 is 1.20 bits per heavy atom. The van der Waals surface area contributed by atoms with E-state index in [0.717, 1.165) is 22.9 Å². The molecule has 2 aromatic rings. The first-order chi connectivity index (χ1) is 16.7. The molecule has 0 fully saturated rings. The van der Waals surface area contributed by atoms with E-state index in [1.807, 2.05) is 30.3 Å². The van der Waals surface area contributed by atoms with Crippen LogP contribution in [0.4, 0.5) is 0 Å². The van der Waals surface area contributed by atoms with Crippen molar-refractivity contribution in [1.82, 2.24) is 16.0 Å². The molecule has 0 radical (unpaired) electrons. The molecule has 0 saturated carbocycles. The molecule has 0 bridgehead atoms. The van der Waals surface area contributed by atoms with E-state index in [1.165, 1.54) is 11.3 Å². The van der Waals surface area contributed by atoms with Crippen LogP contribution < -0.4 is 16.0 Å². The SMILES string of the molecule is Clc1ccccc1.O=C(CCc1ccc(C(=O)NC[C@H](N=S(=O)=O)C(=O)O)s1)NC1=NCCCN1. The highest BCUT2D eigenvalue weighted by Crippen LogP contribution is 2.18. The Balaban J connectivity index is 0.000000527. The minimum atomic E-state index is -2.89. The number of benzene rings is 1. The van der Waals surface area contributed by atoms with E-state index in [-0.39, 0.29) is 12.3 Å². The Hall–Kier alpha value is -3.29. The lowest BCUT2D eigenvalue weighted by Gasteiger charge is -2.14. The molecule has 4 N–H and O–H groups in total. The van der Waals surface area contributed by atoms with Crippen LogP contribution in [-0.2, 0) is 26.5 Å². The fourth-order valence-corrected chi connectivity index (χ4v) is 4.09. The highest BCUT2D eigenvalue weighted by molar-refractivity contribution is 7.61. The summed E-state index contributed by atoms with van der Waals surface area (Å²) in [7, 11) is -2.89. The van der Waals surface area contributed by atoms with E-state index in [0.29, 0.717) is 23.8 Å². The lowest BCUT2D eigenvalue weighted by molar-refractivity contribution is -0.138. The number of carboxylic acids is 1. The second-order valence-corrected chi connectivity index (χ2v) is 9.26. The monoisotopic (exact) mass is 541 g/mol. The quantitative estimate of drug-likeness (QED) is 0.395. The molecule has 11 nitrogen and oxygen atoms in total. The molecule has 2 heterocycles. The van der Waals surface area contributed by atoms with Crippen molar-refractivity contribution >= 4 is 57.2 Å². The number of rotatable bonds is 8. The third kappa shape index (κ3) is 11.1. The van der Waals surface area contributed by atoms with Gasteiger partial charge >= 0.3 is 16.5 Å². The molecule has 0 unspecified atom stereocenters. The van der Waals surface area contributed by atoms with Crippen molar-refractivity contribution in [2.75, 3.05) is 19.6 Å². The fourth-order valence-electron chi connectivity index (χ4n) is 2.65. The van der Waals surface area contributed by atoms with Gasteiger partial charge in [0.25, 0.3) is 5.91 Å². The van der Waals surface area contributed by atoms with Gasteiger partial charge in [0, 0.05) is 29.4 Å². The number of aliphatic carboxylic acids is 1. The van der Waals surface area contributed by atoms with Gasteiger partial charge in [0.2, 0.25) is 5.91 Å². The Morgan fingerprint density at radius 2 is 1.94 bits per heavy atom. The van der Waals surface area contributed by atoms with E-state index < -0.39 is 35.0 Å². The van der Waals surface area contributed by atoms with Crippen molar-refractivity contribution in [3.8, 4) is 0 Å². The summed E-state index contributed by atoms with van der Waals surface area (Å²) in [6, 6.07) is 11.1. The minimum Gasteiger partial charge on any atom is -0.480 e. The van der Waals surface area contributed by atoms with Crippen LogP contribution >= 0.6 is 22.9 Å². The number of aryl methyl sites for hydroxylation is 1. The Kier molecular flexibility index (Phi) is 11.9. The van der Waals surface area contributed by atoms with Gasteiger partial charge in [0.05, 0.1) is 11.4 Å². The number of hydrogen-bond donors (Lipinski definition) is 4. The van der Waals surface area contributed by atoms with Gasteiger partial charge in [-0.05, 0) is 37.1 Å². The summed E-state index contributed by atoms with van der Waals surface area (Å²) in [6.45, 7) is 0.989. The Labute approximate surface area is 212 Å². The number of aliphatic imine (C=N–C) groups is 1. The number of carboxylic acid groups (broad SMARTS) is 1. The number of carbonyl (C=O) groups is 3. The summed E-state index contributed by atoms with van der Waals surface area (Å²) in [5, 5.41) is 17.7. The predicted molar refractivity (Wildman–Crippen MR) is 132 cm³/mol. The Bertz CT molecular complexity index is 1180. The van der Waals surface area contributed by atoms with E-state index in [2.05, 4.69) is 25.3 Å². The van der Waals surface area contributed by atoms with Gasteiger partial charge in [-0.3, -0.25) is 19.9 Å². The molecule has 0 spiro atoms. The second-order valence-electron chi connectivity index (χ2n) is 7.01. The average molecular weight is 542 g/mol. The molecular formula is C21H24ClN5O6S2. The molecule has 0 aliphatic carbocycles. The van der Waals surface area contributed by atoms with E-state index in [1.54, 1.807) is 12.1 Å². The Morgan fingerprint density at radius 3 is 2.51 bits per heavy atom. The zero-order valence-corrected chi connectivity index (χ0v) is 20.8. The second kappa shape index (κ2) is 14.9. The van der Waals surface area contributed by atoms with Crippen molar-refractivity contribution in [2.45, 2.75) is 25.3 Å². The van der Waals surface area contributed by atoms with Gasteiger partial charge in [0.1, 0.15) is 0 Å². The van der Waals surface area contributed by atoms with Gasteiger partial charge in [0.15, 0.2) is 12.0 Å². The van der Waals surface area contributed by atoms with Crippen LogP contribution in [0.5, 0.6) is 0 Å². The minimum absolute atomic E-state index is 0.191. The third-order valence-electron chi connectivity index (χ3n) is 4.33. The average Bonchev–Trinajstić information content (AvgIpc) is 3.31. The molecule has 2 amide bonds. The molecule has 1 aliphatic heterocycles. The van der Waals surface area contributed by atoms with Crippen LogP contribution in [0.3, 0.4) is 0 Å². The van der Waals surface area contributed by atoms with Gasteiger partial charge in [-0.2, -0.15) is 12.8 Å². The fraction of sp³-hybridized carbons (Fsp3) is 0.333. The standard InChI is InChI=1S/C15H19N5O6S2.C6H5Cl/c21-12(19-15-16-6-1-7-17-15)5-3-9-2-4-11(27-9)13(22)18-8-10(14(23)24)20-28(25)26;7-6-4-2-1-3-5-6/h2,4,10H,1,3,5-8H2,(H,18,22)(H,23,24)(H2,16,17,19,21);1-5H/t10-;/m0./s1. The van der Waals surface area contributed by atoms with Crippen LogP contribution in [-0.4, -0.2) is 62.9 Å². The van der Waals surface area contributed by atoms with E-state index >= 15 is 0 Å². The lowest BCUT2D eigenvalue weighted by atomic mass is 10.2. The molecule has 1 atom stereocenters. The van der Waals surface area contributed by atoms with Crippen LogP contribution in [0.15, 0.2) is 51.8 Å². The number of thiophene rings is 1. The van der Waals surface area contributed by atoms with Crippen molar-refractivity contribution in [2.24, 2.45) is 9.36 Å². The van der Waals surface area contributed by atoms with E-state index in [9.17, 15) is 22.8 Å². The summed E-state index contributed by atoms with van der Waals surface area (Å²) in [5.41, 5.74) is 0. The number of hydrogen-bond acceptors (Lipinski definition) is 9. The largest absolute Gasteiger partial charge is 0.480 e.